The lowest BCUT2D eigenvalue weighted by Gasteiger charge is -2.35. The van der Waals surface area contributed by atoms with E-state index >= 15 is 0 Å². The van der Waals surface area contributed by atoms with E-state index in [1.807, 2.05) is 0 Å². The molecule has 0 aromatic heterocycles. The van der Waals surface area contributed by atoms with Gasteiger partial charge in [-0.05, 0) is 19.9 Å². The highest BCUT2D eigenvalue weighted by Gasteiger charge is 2.51. The second kappa shape index (κ2) is 3.01. The molecule has 0 aliphatic carbocycles. The van der Waals surface area contributed by atoms with E-state index in [1.54, 1.807) is 13.8 Å². The highest BCUT2D eigenvalue weighted by Crippen LogP contribution is 2.35. The molecule has 0 heterocycles. The summed E-state index contributed by atoms with van der Waals surface area (Å²) >= 11 is 0. The molecule has 0 aliphatic heterocycles. The van der Waals surface area contributed by atoms with Gasteiger partial charge in [-0.25, -0.2) is 0 Å². The van der Waals surface area contributed by atoms with Crippen molar-refractivity contribution >= 4 is 0 Å². The summed E-state index contributed by atoms with van der Waals surface area (Å²) < 4.78 is 36.9. The molecule has 1 nitrogen and oxygen atoms in total. The molecule has 0 aromatic carbocycles. The van der Waals surface area contributed by atoms with E-state index in [1.165, 1.54) is 7.05 Å². The molecule has 0 aromatic rings. The van der Waals surface area contributed by atoms with Gasteiger partial charge in [-0.1, -0.05) is 13.8 Å². The van der Waals surface area contributed by atoms with Crippen LogP contribution in [0.5, 0.6) is 0 Å². The number of nitrogens with one attached hydrogen (secondary N) is 1. The van der Waals surface area contributed by atoms with Crippen LogP contribution in [0.15, 0.2) is 0 Å². The highest BCUT2D eigenvalue weighted by atomic mass is 19.4. The minimum absolute atomic E-state index is 0.465. The fourth-order valence-corrected chi connectivity index (χ4v) is 0.758. The Hall–Kier alpha value is -0.250. The van der Waals surface area contributed by atoms with Gasteiger partial charge < -0.3 is 5.32 Å². The zero-order valence-electron chi connectivity index (χ0n) is 7.21. The average molecular weight is 169 g/mol. The summed E-state index contributed by atoms with van der Waals surface area (Å²) in [5, 5.41) is 2.29. The molecule has 0 saturated heterocycles. The Morgan fingerprint density at radius 2 is 1.55 bits per heavy atom. The van der Waals surface area contributed by atoms with Crippen LogP contribution in [-0.4, -0.2) is 18.8 Å². The van der Waals surface area contributed by atoms with Crippen LogP contribution in [0.1, 0.15) is 20.8 Å². The first-order chi connectivity index (χ1) is 4.75. The van der Waals surface area contributed by atoms with Crippen LogP contribution in [0.3, 0.4) is 0 Å². The molecule has 0 aliphatic rings. The summed E-state index contributed by atoms with van der Waals surface area (Å²) in [5.41, 5.74) is -1.77. The highest BCUT2D eigenvalue weighted by molar-refractivity contribution is 4.92. The number of rotatable bonds is 2. The first-order valence-corrected chi connectivity index (χ1v) is 3.51. The van der Waals surface area contributed by atoms with Crippen molar-refractivity contribution in [3.05, 3.63) is 0 Å². The van der Waals surface area contributed by atoms with Crippen molar-refractivity contribution in [3.8, 4) is 0 Å². The molecule has 0 fully saturated rings. The molecule has 0 amide bonds. The van der Waals surface area contributed by atoms with E-state index in [4.69, 9.17) is 0 Å². The van der Waals surface area contributed by atoms with Gasteiger partial charge in [-0.3, -0.25) is 0 Å². The Morgan fingerprint density at radius 3 is 1.55 bits per heavy atom. The number of hydrogen-bond acceptors (Lipinski definition) is 1. The summed E-state index contributed by atoms with van der Waals surface area (Å²) in [6, 6.07) is 0. The summed E-state index contributed by atoms with van der Waals surface area (Å²) in [7, 11) is 1.33. The molecule has 1 atom stereocenters. The van der Waals surface area contributed by atoms with Gasteiger partial charge in [0, 0.05) is 0 Å². The molecule has 0 rings (SSSR count). The molecule has 0 spiro atoms. The van der Waals surface area contributed by atoms with Crippen molar-refractivity contribution in [1.82, 2.24) is 5.32 Å². The van der Waals surface area contributed by atoms with Crippen LogP contribution in [0.25, 0.3) is 0 Å². The first-order valence-electron chi connectivity index (χ1n) is 3.51. The van der Waals surface area contributed by atoms with Crippen LogP contribution in [-0.2, 0) is 0 Å². The van der Waals surface area contributed by atoms with E-state index in [0.29, 0.717) is 0 Å². The van der Waals surface area contributed by atoms with Crippen LogP contribution >= 0.6 is 0 Å². The van der Waals surface area contributed by atoms with Crippen molar-refractivity contribution in [2.24, 2.45) is 5.92 Å². The standard InChI is InChI=1S/C7H14F3N/c1-5(2)6(3,11-4)7(8,9)10/h5,11H,1-4H3. The Morgan fingerprint density at radius 1 is 1.18 bits per heavy atom. The molecule has 4 heteroatoms. The lowest BCUT2D eigenvalue weighted by molar-refractivity contribution is -0.202. The molecule has 0 radical (unpaired) electrons. The minimum atomic E-state index is -4.18. The van der Waals surface area contributed by atoms with Gasteiger partial charge >= 0.3 is 6.18 Å². The fraction of sp³-hybridized carbons (Fsp3) is 1.00. The van der Waals surface area contributed by atoms with Crippen molar-refractivity contribution in [3.63, 3.8) is 0 Å². The zero-order chi connectivity index (χ0) is 9.28. The summed E-state index contributed by atoms with van der Waals surface area (Å²) in [6.45, 7) is 4.26. The van der Waals surface area contributed by atoms with E-state index < -0.39 is 17.6 Å². The molecule has 0 saturated carbocycles. The fourth-order valence-electron chi connectivity index (χ4n) is 0.758. The molecule has 1 unspecified atom stereocenters. The Kier molecular flexibility index (Phi) is 2.94. The largest absolute Gasteiger partial charge is 0.406 e. The van der Waals surface area contributed by atoms with E-state index in [2.05, 4.69) is 5.32 Å². The predicted molar refractivity (Wildman–Crippen MR) is 38.4 cm³/mol. The SMILES string of the molecule is CNC(C)(C(C)C)C(F)(F)F. The normalized spacial score (nSPS) is 18.5. The molecule has 0 bridgehead atoms. The van der Waals surface area contributed by atoms with Crippen LogP contribution < -0.4 is 5.32 Å². The maximum Gasteiger partial charge on any atom is 0.406 e. The van der Waals surface area contributed by atoms with Gasteiger partial charge in [0.1, 0.15) is 5.54 Å². The van der Waals surface area contributed by atoms with Crippen molar-refractivity contribution in [2.75, 3.05) is 7.05 Å². The number of hydrogen-bond donors (Lipinski definition) is 1. The third kappa shape index (κ3) is 1.86. The van der Waals surface area contributed by atoms with Gasteiger partial charge in [0.2, 0.25) is 0 Å². The van der Waals surface area contributed by atoms with E-state index in [0.717, 1.165) is 6.92 Å². The average Bonchev–Trinajstić information content (AvgIpc) is 1.83. The summed E-state index contributed by atoms with van der Waals surface area (Å²) in [5.74, 6) is -0.465. The molecular weight excluding hydrogens is 155 g/mol. The molecular formula is C7H14F3N. The van der Waals surface area contributed by atoms with Gasteiger partial charge in [-0.2, -0.15) is 13.2 Å². The second-order valence-corrected chi connectivity index (χ2v) is 3.10. The van der Waals surface area contributed by atoms with E-state index in [-0.39, 0.29) is 0 Å². The Balaban J connectivity index is 4.61. The predicted octanol–water partition coefficient (Wildman–Crippen LogP) is 2.18. The van der Waals surface area contributed by atoms with Gasteiger partial charge in [-0.15, -0.1) is 0 Å². The maximum absolute atomic E-state index is 12.3. The van der Waals surface area contributed by atoms with Crippen LogP contribution in [0, 0.1) is 5.92 Å². The monoisotopic (exact) mass is 169 g/mol. The first kappa shape index (κ1) is 10.8. The van der Waals surface area contributed by atoms with Gasteiger partial charge in [0.15, 0.2) is 0 Å². The van der Waals surface area contributed by atoms with Crippen molar-refractivity contribution < 1.29 is 13.2 Å². The number of halogens is 3. The third-order valence-corrected chi connectivity index (χ3v) is 2.26. The Labute approximate surface area is 65.0 Å². The second-order valence-electron chi connectivity index (χ2n) is 3.10. The smallest absolute Gasteiger partial charge is 0.307 e. The lowest BCUT2D eigenvalue weighted by Crippen LogP contribution is -2.56. The maximum atomic E-state index is 12.3. The molecule has 68 valence electrons. The molecule has 1 N–H and O–H groups in total. The van der Waals surface area contributed by atoms with Gasteiger partial charge in [0.05, 0.1) is 0 Å². The topological polar surface area (TPSA) is 12.0 Å². The quantitative estimate of drug-likeness (QED) is 0.668. The lowest BCUT2D eigenvalue weighted by atomic mass is 9.88. The minimum Gasteiger partial charge on any atom is -0.307 e. The van der Waals surface area contributed by atoms with E-state index in [9.17, 15) is 13.2 Å². The van der Waals surface area contributed by atoms with Crippen molar-refractivity contribution in [1.29, 1.82) is 0 Å². The van der Waals surface area contributed by atoms with Crippen LogP contribution in [0.4, 0.5) is 13.2 Å². The van der Waals surface area contributed by atoms with Crippen molar-refractivity contribution in [2.45, 2.75) is 32.5 Å². The zero-order valence-corrected chi connectivity index (χ0v) is 7.21. The third-order valence-electron chi connectivity index (χ3n) is 2.26. The Bertz CT molecular complexity index is 130. The van der Waals surface area contributed by atoms with Gasteiger partial charge in [0.25, 0.3) is 0 Å². The molecule has 11 heavy (non-hydrogen) atoms. The summed E-state index contributed by atoms with van der Waals surface area (Å²) in [4.78, 5) is 0. The number of alkyl halides is 3. The van der Waals surface area contributed by atoms with Crippen LogP contribution in [0.2, 0.25) is 0 Å². The summed E-state index contributed by atoms with van der Waals surface area (Å²) in [6.07, 6.45) is -4.18.